The lowest BCUT2D eigenvalue weighted by molar-refractivity contribution is 1.07. The molecule has 2 aromatic heterocycles. The van der Waals surface area contributed by atoms with Crippen LogP contribution >= 0.6 is 11.3 Å². The molecular formula is C18H14N2OS. The van der Waals surface area contributed by atoms with Crippen molar-refractivity contribution in [3.05, 3.63) is 69.8 Å². The lowest BCUT2D eigenvalue weighted by atomic mass is 9.98. The van der Waals surface area contributed by atoms with Crippen LogP contribution in [0, 0.1) is 0 Å². The third-order valence-corrected chi connectivity index (χ3v) is 4.87. The maximum Gasteiger partial charge on any atom is 0.266 e. The van der Waals surface area contributed by atoms with Crippen LogP contribution in [0.2, 0.25) is 0 Å². The average molecular weight is 306 g/mol. The fourth-order valence-corrected chi connectivity index (χ4v) is 3.66. The molecule has 2 aromatic carbocycles. The van der Waals surface area contributed by atoms with Crippen molar-refractivity contribution in [1.82, 2.24) is 4.98 Å². The second-order valence-electron chi connectivity index (χ2n) is 5.25. The quantitative estimate of drug-likeness (QED) is 0.590. The minimum absolute atomic E-state index is 0.0203. The number of benzene rings is 2. The summed E-state index contributed by atoms with van der Waals surface area (Å²) >= 11 is 1.48. The van der Waals surface area contributed by atoms with Gasteiger partial charge in [-0.1, -0.05) is 36.4 Å². The molecule has 0 fully saturated rings. The monoisotopic (exact) mass is 306 g/mol. The van der Waals surface area contributed by atoms with Crippen LogP contribution < -0.4 is 11.3 Å². The van der Waals surface area contributed by atoms with E-state index in [1.807, 2.05) is 35.7 Å². The molecule has 3 N–H and O–H groups in total. The van der Waals surface area contributed by atoms with Crippen LogP contribution in [0.15, 0.2) is 58.7 Å². The maximum absolute atomic E-state index is 12.1. The van der Waals surface area contributed by atoms with Gasteiger partial charge in [0.05, 0.1) is 0 Å². The number of nitrogens with two attached hydrogens (primary N) is 1. The van der Waals surface area contributed by atoms with Crippen LogP contribution in [0.25, 0.3) is 32.1 Å². The third kappa shape index (κ3) is 1.96. The first-order valence-electron chi connectivity index (χ1n) is 7.09. The molecule has 3 nitrogen and oxygen atoms in total. The summed E-state index contributed by atoms with van der Waals surface area (Å²) in [6.07, 6.45) is 0. The van der Waals surface area contributed by atoms with Gasteiger partial charge in [-0.15, -0.1) is 11.3 Å². The molecule has 0 saturated heterocycles. The van der Waals surface area contributed by atoms with Crippen LogP contribution in [0.1, 0.15) is 5.56 Å². The topological polar surface area (TPSA) is 58.9 Å². The van der Waals surface area contributed by atoms with E-state index in [4.69, 9.17) is 5.73 Å². The fraction of sp³-hybridized carbons (Fsp3) is 0.0556. The van der Waals surface area contributed by atoms with Crippen LogP contribution in [-0.2, 0) is 6.54 Å². The second-order valence-corrected chi connectivity index (χ2v) is 6.16. The lowest BCUT2D eigenvalue weighted by Crippen LogP contribution is -2.04. The Morgan fingerprint density at radius 2 is 1.86 bits per heavy atom. The normalized spacial score (nSPS) is 11.3. The molecule has 2 heterocycles. The van der Waals surface area contributed by atoms with Gasteiger partial charge in [-0.25, -0.2) is 0 Å². The van der Waals surface area contributed by atoms with Gasteiger partial charge in [-0.3, -0.25) is 4.79 Å². The zero-order valence-electron chi connectivity index (χ0n) is 11.8. The number of fused-ring (bicyclic) bond motifs is 3. The van der Waals surface area contributed by atoms with E-state index in [0.717, 1.165) is 37.7 Å². The predicted octanol–water partition coefficient (Wildman–Crippen LogP) is 3.87. The number of rotatable bonds is 2. The van der Waals surface area contributed by atoms with Gasteiger partial charge in [0, 0.05) is 22.8 Å². The number of H-pyrrole nitrogens is 1. The molecule has 4 aromatic rings. The highest BCUT2D eigenvalue weighted by molar-refractivity contribution is 7.17. The van der Waals surface area contributed by atoms with Crippen molar-refractivity contribution in [1.29, 1.82) is 0 Å². The minimum atomic E-state index is -0.0203. The summed E-state index contributed by atoms with van der Waals surface area (Å²) in [5.41, 5.74) is 9.88. The Morgan fingerprint density at radius 1 is 1.05 bits per heavy atom. The molecule has 0 saturated carbocycles. The Labute approximate surface area is 131 Å². The molecule has 0 unspecified atom stereocenters. The summed E-state index contributed by atoms with van der Waals surface area (Å²) in [5.74, 6) is 0. The van der Waals surface area contributed by atoms with Crippen LogP contribution in [-0.4, -0.2) is 4.98 Å². The van der Waals surface area contributed by atoms with Crippen molar-refractivity contribution in [3.63, 3.8) is 0 Å². The number of aromatic amines is 1. The molecule has 0 atom stereocenters. The van der Waals surface area contributed by atoms with Crippen molar-refractivity contribution in [2.24, 2.45) is 5.73 Å². The molecule has 0 bridgehead atoms. The molecule has 0 aliphatic heterocycles. The smallest absolute Gasteiger partial charge is 0.266 e. The summed E-state index contributed by atoms with van der Waals surface area (Å²) in [7, 11) is 0. The minimum Gasteiger partial charge on any atom is -0.326 e. The van der Waals surface area contributed by atoms with Crippen LogP contribution in [0.4, 0.5) is 0 Å². The standard InChI is InChI=1S/C18H14N2OS/c19-10-11-4-6-12(7-5-11)13-2-1-3-15-16(13)14-8-9-22-17(14)18(21)20-15/h1-9H,10,19H2,(H,20,21). The van der Waals surface area contributed by atoms with Crippen molar-refractivity contribution in [2.45, 2.75) is 6.54 Å². The van der Waals surface area contributed by atoms with E-state index in [9.17, 15) is 4.79 Å². The van der Waals surface area contributed by atoms with Crippen molar-refractivity contribution >= 4 is 32.3 Å². The zero-order chi connectivity index (χ0) is 15.1. The Bertz CT molecular complexity index is 1030. The highest BCUT2D eigenvalue weighted by Crippen LogP contribution is 2.33. The number of hydrogen-bond donors (Lipinski definition) is 2. The number of aromatic nitrogens is 1. The van der Waals surface area contributed by atoms with E-state index in [0.29, 0.717) is 6.54 Å². The summed E-state index contributed by atoms with van der Waals surface area (Å²) in [6.45, 7) is 0.540. The predicted molar refractivity (Wildman–Crippen MR) is 93.3 cm³/mol. The number of nitrogens with one attached hydrogen (secondary N) is 1. The van der Waals surface area contributed by atoms with Gasteiger partial charge in [-0.2, -0.15) is 0 Å². The summed E-state index contributed by atoms with van der Waals surface area (Å²) in [4.78, 5) is 15.1. The van der Waals surface area contributed by atoms with Crippen molar-refractivity contribution < 1.29 is 0 Å². The molecule has 0 amide bonds. The van der Waals surface area contributed by atoms with Gasteiger partial charge in [0.1, 0.15) is 4.70 Å². The Balaban J connectivity index is 2.09. The molecule has 0 aliphatic rings. The molecule has 4 heteroatoms. The van der Waals surface area contributed by atoms with Crippen molar-refractivity contribution in [2.75, 3.05) is 0 Å². The zero-order valence-corrected chi connectivity index (χ0v) is 12.6. The van der Waals surface area contributed by atoms with E-state index in [2.05, 4.69) is 23.2 Å². The van der Waals surface area contributed by atoms with Gasteiger partial charge >= 0.3 is 0 Å². The molecule has 0 aliphatic carbocycles. The molecule has 0 spiro atoms. The van der Waals surface area contributed by atoms with E-state index in [1.165, 1.54) is 11.3 Å². The van der Waals surface area contributed by atoms with Crippen molar-refractivity contribution in [3.8, 4) is 11.1 Å². The van der Waals surface area contributed by atoms with Gasteiger partial charge in [-0.05, 0) is 34.2 Å². The molecule has 0 radical (unpaired) electrons. The van der Waals surface area contributed by atoms with Gasteiger partial charge in [0.15, 0.2) is 0 Å². The fourth-order valence-electron chi connectivity index (χ4n) is 2.87. The summed E-state index contributed by atoms with van der Waals surface area (Å²) < 4.78 is 0.776. The number of hydrogen-bond acceptors (Lipinski definition) is 3. The van der Waals surface area contributed by atoms with E-state index in [1.54, 1.807) is 0 Å². The average Bonchev–Trinajstić information content (AvgIpc) is 3.05. The molecular weight excluding hydrogens is 292 g/mol. The first-order valence-corrected chi connectivity index (χ1v) is 7.97. The van der Waals surface area contributed by atoms with E-state index in [-0.39, 0.29) is 5.56 Å². The Hall–Kier alpha value is -2.43. The Morgan fingerprint density at radius 3 is 2.64 bits per heavy atom. The van der Waals surface area contributed by atoms with E-state index < -0.39 is 0 Å². The first kappa shape index (κ1) is 13.2. The maximum atomic E-state index is 12.1. The highest BCUT2D eigenvalue weighted by Gasteiger charge is 2.11. The Kier molecular flexibility index (Phi) is 3.06. The molecule has 22 heavy (non-hydrogen) atoms. The van der Waals surface area contributed by atoms with Gasteiger partial charge in [0.2, 0.25) is 0 Å². The first-order chi connectivity index (χ1) is 10.8. The summed E-state index contributed by atoms with van der Waals surface area (Å²) in [6, 6.07) is 16.3. The lowest BCUT2D eigenvalue weighted by Gasteiger charge is -2.09. The number of pyridine rings is 1. The number of thiophene rings is 1. The molecule has 108 valence electrons. The molecule has 4 rings (SSSR count). The highest BCUT2D eigenvalue weighted by atomic mass is 32.1. The van der Waals surface area contributed by atoms with E-state index >= 15 is 0 Å². The van der Waals surface area contributed by atoms with Gasteiger partial charge < -0.3 is 10.7 Å². The SMILES string of the molecule is NCc1ccc(-c2cccc3[nH]c(=O)c4sccc4c23)cc1. The third-order valence-electron chi connectivity index (χ3n) is 3.95. The second kappa shape index (κ2) is 5.09. The summed E-state index contributed by atoms with van der Waals surface area (Å²) in [5, 5.41) is 4.08. The van der Waals surface area contributed by atoms with Gasteiger partial charge in [0.25, 0.3) is 5.56 Å². The largest absolute Gasteiger partial charge is 0.326 e. The van der Waals surface area contributed by atoms with Crippen LogP contribution in [0.3, 0.4) is 0 Å². The van der Waals surface area contributed by atoms with Crippen LogP contribution in [0.5, 0.6) is 0 Å².